The van der Waals surface area contributed by atoms with Crippen LogP contribution in [0, 0.1) is 20.8 Å². The number of aliphatic carboxylic acids is 1. The number of hydrogen-bond acceptors (Lipinski definition) is 4. The zero-order chi connectivity index (χ0) is 26.4. The van der Waals surface area contributed by atoms with E-state index in [0.717, 1.165) is 65.9 Å². The van der Waals surface area contributed by atoms with Crippen LogP contribution in [-0.2, 0) is 16.1 Å². The Morgan fingerprint density at radius 3 is 2.36 bits per heavy atom. The molecule has 0 amide bonds. The van der Waals surface area contributed by atoms with Crippen LogP contribution in [0.15, 0.2) is 30.3 Å². The first-order valence-electron chi connectivity index (χ1n) is 12.9. The van der Waals surface area contributed by atoms with Crippen molar-refractivity contribution < 1.29 is 14.6 Å². The molecule has 1 aliphatic rings. The van der Waals surface area contributed by atoms with Gasteiger partial charge in [0.2, 0.25) is 0 Å². The normalized spacial score (nSPS) is 14.6. The van der Waals surface area contributed by atoms with Crippen molar-refractivity contribution in [3.8, 4) is 11.1 Å². The number of anilines is 1. The Balaban J connectivity index is 2.04. The first-order valence-corrected chi connectivity index (χ1v) is 12.9. The zero-order valence-corrected chi connectivity index (χ0v) is 23.1. The van der Waals surface area contributed by atoms with E-state index in [1.54, 1.807) is 0 Å². The van der Waals surface area contributed by atoms with Crippen molar-refractivity contribution in [1.29, 1.82) is 0 Å². The average Bonchev–Trinajstić information content (AvgIpc) is 3.11. The van der Waals surface area contributed by atoms with Crippen LogP contribution in [0.1, 0.15) is 55.7 Å². The highest BCUT2D eigenvalue weighted by molar-refractivity contribution is 6.07. The van der Waals surface area contributed by atoms with Crippen LogP contribution < -0.4 is 4.90 Å². The molecule has 0 unspecified atom stereocenters. The van der Waals surface area contributed by atoms with Crippen molar-refractivity contribution in [3.05, 3.63) is 52.7 Å². The SMILES string of the molecule is Cc1ccc(-c2c([C@H](OC(C)(C)C)C(=O)O)c(C)c3c4c2cc(C)n4CCN3CCCN(C)C)cc1. The summed E-state index contributed by atoms with van der Waals surface area (Å²) in [7, 11) is 4.20. The van der Waals surface area contributed by atoms with Crippen molar-refractivity contribution in [1.82, 2.24) is 9.47 Å². The molecule has 0 bridgehead atoms. The van der Waals surface area contributed by atoms with Crippen molar-refractivity contribution in [2.75, 3.05) is 38.6 Å². The largest absolute Gasteiger partial charge is 0.479 e. The maximum absolute atomic E-state index is 12.8. The topological polar surface area (TPSA) is 57.9 Å². The third-order valence-electron chi connectivity index (χ3n) is 7.07. The van der Waals surface area contributed by atoms with E-state index >= 15 is 0 Å². The van der Waals surface area contributed by atoms with Gasteiger partial charge in [-0.3, -0.25) is 0 Å². The molecule has 194 valence electrons. The van der Waals surface area contributed by atoms with Gasteiger partial charge >= 0.3 is 5.97 Å². The Morgan fingerprint density at radius 2 is 1.78 bits per heavy atom. The van der Waals surface area contributed by atoms with Crippen LogP contribution >= 0.6 is 0 Å². The second-order valence-corrected chi connectivity index (χ2v) is 11.4. The molecule has 6 nitrogen and oxygen atoms in total. The van der Waals surface area contributed by atoms with Gasteiger partial charge < -0.3 is 24.2 Å². The Hall–Kier alpha value is -2.83. The highest BCUT2D eigenvalue weighted by atomic mass is 16.5. The second-order valence-electron chi connectivity index (χ2n) is 11.4. The summed E-state index contributed by atoms with van der Waals surface area (Å²) in [5, 5.41) is 11.6. The first-order chi connectivity index (χ1) is 16.9. The van der Waals surface area contributed by atoms with Crippen molar-refractivity contribution in [3.63, 3.8) is 0 Å². The Morgan fingerprint density at radius 1 is 1.11 bits per heavy atom. The van der Waals surface area contributed by atoms with Gasteiger partial charge in [0.15, 0.2) is 6.10 Å². The molecular formula is C30H41N3O3. The number of carboxylic acid groups (broad SMARTS) is 1. The van der Waals surface area contributed by atoms with Crippen LogP contribution in [0.2, 0.25) is 0 Å². The van der Waals surface area contributed by atoms with Crippen LogP contribution in [-0.4, -0.2) is 59.9 Å². The Labute approximate surface area is 215 Å². The van der Waals surface area contributed by atoms with E-state index in [0.29, 0.717) is 0 Å². The zero-order valence-electron chi connectivity index (χ0n) is 23.1. The molecule has 0 fully saturated rings. The van der Waals surface area contributed by atoms with E-state index in [1.165, 1.54) is 16.8 Å². The summed E-state index contributed by atoms with van der Waals surface area (Å²) in [4.78, 5) is 17.4. The minimum atomic E-state index is -1.07. The average molecular weight is 492 g/mol. The van der Waals surface area contributed by atoms with Crippen LogP contribution in [0.5, 0.6) is 0 Å². The monoisotopic (exact) mass is 491 g/mol. The highest BCUT2D eigenvalue weighted by Crippen LogP contribution is 2.47. The van der Waals surface area contributed by atoms with Crippen LogP contribution in [0.25, 0.3) is 22.0 Å². The molecular weight excluding hydrogens is 450 g/mol. The number of aryl methyl sites for hydroxylation is 2. The molecule has 2 heterocycles. The lowest BCUT2D eigenvalue weighted by molar-refractivity contribution is -0.160. The van der Waals surface area contributed by atoms with Crippen molar-refractivity contribution >= 4 is 22.6 Å². The van der Waals surface area contributed by atoms with Gasteiger partial charge in [-0.05, 0) is 91.4 Å². The van der Waals surface area contributed by atoms with E-state index in [9.17, 15) is 9.90 Å². The fourth-order valence-corrected chi connectivity index (χ4v) is 5.51. The van der Waals surface area contributed by atoms with Gasteiger partial charge in [0.05, 0.1) is 16.8 Å². The Kier molecular flexibility index (Phi) is 7.22. The lowest BCUT2D eigenvalue weighted by Gasteiger charge is -2.36. The van der Waals surface area contributed by atoms with Gasteiger partial charge in [0, 0.05) is 36.3 Å². The highest BCUT2D eigenvalue weighted by Gasteiger charge is 2.35. The molecule has 0 saturated carbocycles. The van der Waals surface area contributed by atoms with E-state index in [1.807, 2.05) is 20.8 Å². The lowest BCUT2D eigenvalue weighted by atomic mass is 9.87. The molecule has 0 radical (unpaired) electrons. The second kappa shape index (κ2) is 9.91. The molecule has 3 aromatic rings. The Bertz CT molecular complexity index is 1270. The summed E-state index contributed by atoms with van der Waals surface area (Å²) < 4.78 is 8.68. The first kappa shape index (κ1) is 26.2. The van der Waals surface area contributed by atoms with Gasteiger partial charge in [-0.25, -0.2) is 4.79 Å². The summed E-state index contributed by atoms with van der Waals surface area (Å²) in [6, 6.07) is 10.6. The number of carboxylic acids is 1. The molecule has 36 heavy (non-hydrogen) atoms. The standard InChI is InChI=1S/C30H41N3O3/c1-19-10-12-22(13-11-19)25-23-18-20(2)33-17-16-32(15-9-14-31(7)8)26(27(23)33)21(3)24(25)28(29(34)35)36-30(4,5)6/h10-13,18,28H,9,14-17H2,1-8H3,(H,34,35)/t28-/m0/s1. The van der Waals surface area contributed by atoms with Crippen LogP contribution in [0.4, 0.5) is 5.69 Å². The molecule has 2 aromatic carbocycles. The maximum atomic E-state index is 12.8. The number of rotatable bonds is 8. The molecule has 0 saturated heterocycles. The van der Waals surface area contributed by atoms with Gasteiger partial charge in [-0.1, -0.05) is 29.8 Å². The molecule has 0 spiro atoms. The lowest BCUT2D eigenvalue weighted by Crippen LogP contribution is -2.35. The van der Waals surface area contributed by atoms with Crippen molar-refractivity contribution in [2.45, 2.75) is 66.2 Å². The number of ether oxygens (including phenoxy) is 1. The van der Waals surface area contributed by atoms with Crippen LogP contribution in [0.3, 0.4) is 0 Å². The molecule has 1 aromatic heterocycles. The van der Waals surface area contributed by atoms with E-state index in [2.05, 4.69) is 79.6 Å². The molecule has 6 heteroatoms. The molecule has 1 atom stereocenters. The minimum Gasteiger partial charge on any atom is -0.479 e. The van der Waals surface area contributed by atoms with Gasteiger partial charge in [0.25, 0.3) is 0 Å². The van der Waals surface area contributed by atoms with Gasteiger partial charge in [-0.2, -0.15) is 0 Å². The van der Waals surface area contributed by atoms with Gasteiger partial charge in [0.1, 0.15) is 0 Å². The quantitative estimate of drug-likeness (QED) is 0.422. The number of benzene rings is 2. The summed E-state index contributed by atoms with van der Waals surface area (Å²) >= 11 is 0. The number of carbonyl (C=O) groups is 1. The molecule has 1 aliphatic heterocycles. The van der Waals surface area contributed by atoms with E-state index in [4.69, 9.17) is 4.74 Å². The summed E-state index contributed by atoms with van der Waals surface area (Å²) in [5.74, 6) is -0.959. The number of nitrogens with zero attached hydrogens (tertiary/aromatic N) is 3. The maximum Gasteiger partial charge on any atom is 0.337 e. The third kappa shape index (κ3) is 5.02. The summed E-state index contributed by atoms with van der Waals surface area (Å²) in [5.41, 5.74) is 7.88. The minimum absolute atomic E-state index is 0.612. The third-order valence-corrected chi connectivity index (χ3v) is 7.07. The summed E-state index contributed by atoms with van der Waals surface area (Å²) in [6.07, 6.45) is -0.0278. The smallest absolute Gasteiger partial charge is 0.337 e. The van der Waals surface area contributed by atoms with Gasteiger partial charge in [-0.15, -0.1) is 0 Å². The molecule has 1 N–H and O–H groups in total. The predicted octanol–water partition coefficient (Wildman–Crippen LogP) is 5.95. The molecule has 0 aliphatic carbocycles. The fourth-order valence-electron chi connectivity index (χ4n) is 5.51. The number of aromatic nitrogens is 1. The van der Waals surface area contributed by atoms with E-state index < -0.39 is 17.7 Å². The fraction of sp³-hybridized carbons (Fsp3) is 0.500. The predicted molar refractivity (Wildman–Crippen MR) is 148 cm³/mol. The number of hydrogen-bond donors (Lipinski definition) is 1. The molecule has 4 rings (SSSR count). The van der Waals surface area contributed by atoms with E-state index in [-0.39, 0.29) is 0 Å². The van der Waals surface area contributed by atoms with Crippen molar-refractivity contribution in [2.24, 2.45) is 0 Å². The summed E-state index contributed by atoms with van der Waals surface area (Å²) in [6.45, 7) is 15.8.